The average molecular weight is 242 g/mol. The van der Waals surface area contributed by atoms with Gasteiger partial charge in [0.1, 0.15) is 5.82 Å². The Morgan fingerprint density at radius 3 is 2.89 bits per heavy atom. The molecule has 0 saturated carbocycles. The lowest BCUT2D eigenvalue weighted by atomic mass is 10.2. The van der Waals surface area contributed by atoms with Crippen LogP contribution in [0.1, 0.15) is 29.3 Å². The maximum absolute atomic E-state index is 12.8. The van der Waals surface area contributed by atoms with Crippen molar-refractivity contribution in [3.05, 3.63) is 65.2 Å². The molecule has 0 amide bonds. The molecule has 1 unspecified atom stereocenters. The van der Waals surface area contributed by atoms with Gasteiger partial charge in [0.25, 0.3) is 0 Å². The fraction of sp³-hybridized carbons (Fsp3) is 0.267. The molecule has 1 aromatic carbocycles. The normalized spacial score (nSPS) is 17.7. The van der Waals surface area contributed by atoms with E-state index in [2.05, 4.69) is 16.4 Å². The molecule has 3 rings (SSSR count). The summed E-state index contributed by atoms with van der Waals surface area (Å²) in [6, 6.07) is 11.1. The van der Waals surface area contributed by atoms with E-state index in [1.807, 2.05) is 24.4 Å². The highest BCUT2D eigenvalue weighted by Gasteiger charge is 2.22. The zero-order chi connectivity index (χ0) is 12.4. The number of fused-ring (bicyclic) bond motifs is 1. The summed E-state index contributed by atoms with van der Waals surface area (Å²) in [6.07, 6.45) is 4.02. The largest absolute Gasteiger partial charge is 0.304 e. The van der Waals surface area contributed by atoms with Gasteiger partial charge in [-0.2, -0.15) is 0 Å². The van der Waals surface area contributed by atoms with Crippen molar-refractivity contribution in [2.45, 2.75) is 25.4 Å². The number of nitrogens with one attached hydrogen (secondary N) is 1. The SMILES string of the molecule is Fc1ccc(CNC2CCc3cccnc32)cc1. The molecule has 0 saturated heterocycles. The van der Waals surface area contributed by atoms with Crippen molar-refractivity contribution in [1.82, 2.24) is 10.3 Å². The van der Waals surface area contributed by atoms with Crippen LogP contribution in [0, 0.1) is 5.82 Å². The van der Waals surface area contributed by atoms with Crippen LogP contribution in [0.15, 0.2) is 42.6 Å². The van der Waals surface area contributed by atoms with Gasteiger partial charge in [-0.25, -0.2) is 4.39 Å². The van der Waals surface area contributed by atoms with E-state index in [0.29, 0.717) is 6.04 Å². The third-order valence-corrected chi connectivity index (χ3v) is 3.42. The Labute approximate surface area is 106 Å². The molecule has 92 valence electrons. The van der Waals surface area contributed by atoms with Gasteiger partial charge in [0, 0.05) is 12.7 Å². The number of rotatable bonds is 3. The minimum Gasteiger partial charge on any atom is -0.304 e. The average Bonchev–Trinajstić information content (AvgIpc) is 2.82. The number of hydrogen-bond acceptors (Lipinski definition) is 2. The van der Waals surface area contributed by atoms with Crippen LogP contribution in [-0.2, 0) is 13.0 Å². The Kier molecular flexibility index (Phi) is 3.07. The summed E-state index contributed by atoms with van der Waals surface area (Å²) in [4.78, 5) is 4.44. The molecule has 3 heteroatoms. The number of nitrogens with zero attached hydrogens (tertiary/aromatic N) is 1. The number of pyridine rings is 1. The van der Waals surface area contributed by atoms with Crippen LogP contribution < -0.4 is 5.32 Å². The molecule has 0 aliphatic heterocycles. The van der Waals surface area contributed by atoms with Gasteiger partial charge in [-0.15, -0.1) is 0 Å². The van der Waals surface area contributed by atoms with E-state index in [9.17, 15) is 4.39 Å². The van der Waals surface area contributed by atoms with Crippen molar-refractivity contribution in [1.29, 1.82) is 0 Å². The van der Waals surface area contributed by atoms with Crippen molar-refractivity contribution in [2.24, 2.45) is 0 Å². The van der Waals surface area contributed by atoms with Crippen LogP contribution in [-0.4, -0.2) is 4.98 Å². The van der Waals surface area contributed by atoms with E-state index in [-0.39, 0.29) is 5.82 Å². The monoisotopic (exact) mass is 242 g/mol. The minimum atomic E-state index is -0.188. The van der Waals surface area contributed by atoms with Gasteiger partial charge in [0.2, 0.25) is 0 Å². The lowest BCUT2D eigenvalue weighted by molar-refractivity contribution is 0.520. The van der Waals surface area contributed by atoms with Gasteiger partial charge in [0.05, 0.1) is 11.7 Å². The Morgan fingerprint density at radius 1 is 1.22 bits per heavy atom. The van der Waals surface area contributed by atoms with Gasteiger partial charge in [0.15, 0.2) is 0 Å². The fourth-order valence-electron chi connectivity index (χ4n) is 2.45. The van der Waals surface area contributed by atoms with Gasteiger partial charge in [-0.05, 0) is 42.2 Å². The third kappa shape index (κ3) is 2.27. The standard InChI is InChI=1S/C15H15FN2/c16-13-6-3-11(4-7-13)10-18-14-8-5-12-2-1-9-17-15(12)14/h1-4,6-7,9,14,18H,5,8,10H2. The van der Waals surface area contributed by atoms with Gasteiger partial charge in [-0.1, -0.05) is 18.2 Å². The summed E-state index contributed by atoms with van der Waals surface area (Å²) < 4.78 is 12.8. The molecule has 2 aromatic rings. The molecular formula is C15H15FN2. The summed E-state index contributed by atoms with van der Waals surface area (Å²) >= 11 is 0. The zero-order valence-corrected chi connectivity index (χ0v) is 10.1. The van der Waals surface area contributed by atoms with Crippen LogP contribution in [0.4, 0.5) is 4.39 Å². The molecule has 0 radical (unpaired) electrons. The number of halogens is 1. The van der Waals surface area contributed by atoms with E-state index in [1.54, 1.807) is 0 Å². The maximum atomic E-state index is 12.8. The molecule has 1 aromatic heterocycles. The second kappa shape index (κ2) is 4.86. The van der Waals surface area contributed by atoms with Crippen LogP contribution >= 0.6 is 0 Å². The molecule has 18 heavy (non-hydrogen) atoms. The molecule has 0 bridgehead atoms. The first-order chi connectivity index (χ1) is 8.83. The third-order valence-electron chi connectivity index (χ3n) is 3.42. The van der Waals surface area contributed by atoms with Crippen LogP contribution in [0.25, 0.3) is 0 Å². The van der Waals surface area contributed by atoms with E-state index in [0.717, 1.165) is 24.9 Å². The number of benzene rings is 1. The quantitative estimate of drug-likeness (QED) is 0.895. The van der Waals surface area contributed by atoms with Crippen molar-refractivity contribution in [2.75, 3.05) is 0 Å². The molecule has 2 nitrogen and oxygen atoms in total. The first kappa shape index (κ1) is 11.4. The maximum Gasteiger partial charge on any atom is 0.123 e. The van der Waals surface area contributed by atoms with E-state index in [1.165, 1.54) is 23.4 Å². The van der Waals surface area contributed by atoms with Crippen molar-refractivity contribution < 1.29 is 4.39 Å². The van der Waals surface area contributed by atoms with E-state index >= 15 is 0 Å². The van der Waals surface area contributed by atoms with E-state index in [4.69, 9.17) is 0 Å². The van der Waals surface area contributed by atoms with Crippen LogP contribution in [0.3, 0.4) is 0 Å². The molecule has 1 heterocycles. The van der Waals surface area contributed by atoms with Crippen LogP contribution in [0.5, 0.6) is 0 Å². The number of aryl methyl sites for hydroxylation is 1. The molecule has 1 aliphatic rings. The summed E-state index contributed by atoms with van der Waals surface area (Å²) in [6.45, 7) is 0.751. The highest BCUT2D eigenvalue weighted by molar-refractivity contribution is 5.28. The highest BCUT2D eigenvalue weighted by Crippen LogP contribution is 2.28. The topological polar surface area (TPSA) is 24.9 Å². The summed E-state index contributed by atoms with van der Waals surface area (Å²) in [5.41, 5.74) is 3.61. The molecule has 1 N–H and O–H groups in total. The predicted octanol–water partition coefficient (Wildman–Crippen LogP) is 3.00. The summed E-state index contributed by atoms with van der Waals surface area (Å²) in [7, 11) is 0. The fourth-order valence-corrected chi connectivity index (χ4v) is 2.45. The molecule has 0 fully saturated rings. The minimum absolute atomic E-state index is 0.188. The Morgan fingerprint density at radius 2 is 2.06 bits per heavy atom. The first-order valence-corrected chi connectivity index (χ1v) is 6.24. The molecular weight excluding hydrogens is 227 g/mol. The summed E-state index contributed by atoms with van der Waals surface area (Å²) in [5, 5.41) is 3.49. The lowest BCUT2D eigenvalue weighted by Gasteiger charge is -2.13. The van der Waals surface area contributed by atoms with Crippen molar-refractivity contribution >= 4 is 0 Å². The van der Waals surface area contributed by atoms with Crippen LogP contribution in [0.2, 0.25) is 0 Å². The molecule has 1 atom stereocenters. The summed E-state index contributed by atoms with van der Waals surface area (Å²) in [5.74, 6) is -0.188. The molecule has 0 spiro atoms. The van der Waals surface area contributed by atoms with Crippen molar-refractivity contribution in [3.8, 4) is 0 Å². The Balaban J connectivity index is 1.67. The van der Waals surface area contributed by atoms with E-state index < -0.39 is 0 Å². The highest BCUT2D eigenvalue weighted by atomic mass is 19.1. The van der Waals surface area contributed by atoms with Crippen molar-refractivity contribution in [3.63, 3.8) is 0 Å². The first-order valence-electron chi connectivity index (χ1n) is 6.24. The van der Waals surface area contributed by atoms with Gasteiger partial charge < -0.3 is 5.32 Å². The Bertz CT molecular complexity index is 536. The predicted molar refractivity (Wildman–Crippen MR) is 68.5 cm³/mol. The number of aromatic nitrogens is 1. The molecule has 1 aliphatic carbocycles. The second-order valence-electron chi connectivity index (χ2n) is 4.65. The number of hydrogen-bond donors (Lipinski definition) is 1. The lowest BCUT2D eigenvalue weighted by Crippen LogP contribution is -2.19. The smallest absolute Gasteiger partial charge is 0.123 e. The second-order valence-corrected chi connectivity index (χ2v) is 4.65. The Hall–Kier alpha value is -1.74. The van der Waals surface area contributed by atoms with Gasteiger partial charge in [-0.3, -0.25) is 4.98 Å². The van der Waals surface area contributed by atoms with Gasteiger partial charge >= 0.3 is 0 Å². The zero-order valence-electron chi connectivity index (χ0n) is 10.1.